The Hall–Kier alpha value is -1.71. The van der Waals surface area contributed by atoms with Gasteiger partial charge in [0.05, 0.1) is 5.92 Å². The third-order valence-corrected chi connectivity index (χ3v) is 2.70. The van der Waals surface area contributed by atoms with Crippen LogP contribution >= 0.6 is 0 Å². The number of carbonyl (C=O) groups is 1. The van der Waals surface area contributed by atoms with Crippen LogP contribution in [0.3, 0.4) is 0 Å². The van der Waals surface area contributed by atoms with Gasteiger partial charge in [-0.1, -0.05) is 6.07 Å². The van der Waals surface area contributed by atoms with Crippen LogP contribution in [0.1, 0.15) is 11.1 Å². The first-order valence-electron chi connectivity index (χ1n) is 4.76. The number of aromatic hydroxyl groups is 1. The van der Waals surface area contributed by atoms with E-state index in [0.717, 1.165) is 5.56 Å². The molecule has 0 bridgehead atoms. The largest absolute Gasteiger partial charge is 0.508 e. The zero-order valence-corrected chi connectivity index (χ0v) is 8.36. The van der Waals surface area contributed by atoms with Gasteiger partial charge in [0.15, 0.2) is 0 Å². The Morgan fingerprint density at radius 3 is 2.93 bits per heavy atom. The van der Waals surface area contributed by atoms with Crippen molar-refractivity contribution in [2.24, 2.45) is 5.92 Å². The number of carboxylic acid groups (broad SMARTS) is 1. The summed E-state index contributed by atoms with van der Waals surface area (Å²) in [5.74, 6) is -0.511. The monoisotopic (exact) mass is 208 g/mol. The van der Waals surface area contributed by atoms with Crippen molar-refractivity contribution in [2.45, 2.75) is 13.3 Å². The van der Waals surface area contributed by atoms with Crippen molar-refractivity contribution in [1.82, 2.24) is 0 Å². The Balaban J connectivity index is 2.36. The van der Waals surface area contributed by atoms with Crippen LogP contribution in [0.15, 0.2) is 12.1 Å². The fourth-order valence-corrected chi connectivity index (χ4v) is 1.77. The summed E-state index contributed by atoms with van der Waals surface area (Å²) < 4.78 is 5.37. The van der Waals surface area contributed by atoms with Crippen molar-refractivity contribution >= 4 is 5.97 Å². The van der Waals surface area contributed by atoms with E-state index in [0.29, 0.717) is 17.7 Å². The number of rotatable bonds is 1. The van der Waals surface area contributed by atoms with E-state index in [9.17, 15) is 9.90 Å². The highest BCUT2D eigenvalue weighted by Crippen LogP contribution is 2.35. The molecule has 15 heavy (non-hydrogen) atoms. The van der Waals surface area contributed by atoms with E-state index in [-0.39, 0.29) is 12.4 Å². The van der Waals surface area contributed by atoms with Gasteiger partial charge in [-0.25, -0.2) is 0 Å². The highest BCUT2D eigenvalue weighted by molar-refractivity contribution is 5.71. The molecule has 4 heteroatoms. The number of ether oxygens (including phenoxy) is 1. The van der Waals surface area contributed by atoms with Crippen LogP contribution in [-0.2, 0) is 11.2 Å². The number of phenols is 1. The molecule has 2 rings (SSSR count). The quantitative estimate of drug-likeness (QED) is 0.730. The zero-order valence-electron chi connectivity index (χ0n) is 8.36. The number of aliphatic carboxylic acids is 1. The number of hydrogen-bond donors (Lipinski definition) is 2. The number of benzene rings is 1. The summed E-state index contributed by atoms with van der Waals surface area (Å²) in [7, 11) is 0. The highest BCUT2D eigenvalue weighted by atomic mass is 16.5. The Labute approximate surface area is 87.1 Å². The van der Waals surface area contributed by atoms with Gasteiger partial charge in [-0.15, -0.1) is 0 Å². The van der Waals surface area contributed by atoms with E-state index < -0.39 is 11.9 Å². The normalized spacial score (nSPS) is 19.1. The number of fused-ring (bicyclic) bond motifs is 1. The SMILES string of the molecule is Cc1c(O)ccc2c1OCC(C(=O)O)C2. The second-order valence-electron chi connectivity index (χ2n) is 3.75. The third-order valence-electron chi connectivity index (χ3n) is 2.70. The molecule has 1 unspecified atom stereocenters. The second kappa shape index (κ2) is 3.46. The molecule has 0 radical (unpaired) electrons. The maximum Gasteiger partial charge on any atom is 0.310 e. The average Bonchev–Trinajstić information content (AvgIpc) is 2.23. The topological polar surface area (TPSA) is 66.8 Å². The Bertz CT molecular complexity index is 411. The van der Waals surface area contributed by atoms with Gasteiger partial charge in [0.25, 0.3) is 0 Å². The van der Waals surface area contributed by atoms with E-state index in [4.69, 9.17) is 9.84 Å². The molecule has 0 fully saturated rings. The molecule has 1 aromatic carbocycles. The molecule has 0 saturated carbocycles. The lowest BCUT2D eigenvalue weighted by Crippen LogP contribution is -2.28. The maximum atomic E-state index is 10.8. The summed E-state index contributed by atoms with van der Waals surface area (Å²) >= 11 is 0. The molecule has 0 spiro atoms. The van der Waals surface area contributed by atoms with Crippen LogP contribution in [0.5, 0.6) is 11.5 Å². The Kier molecular flexibility index (Phi) is 2.26. The van der Waals surface area contributed by atoms with Crippen molar-refractivity contribution in [3.05, 3.63) is 23.3 Å². The summed E-state index contributed by atoms with van der Waals surface area (Å²) in [5.41, 5.74) is 1.53. The molecule has 80 valence electrons. The smallest absolute Gasteiger partial charge is 0.310 e. The molecule has 0 amide bonds. The van der Waals surface area contributed by atoms with Crippen molar-refractivity contribution in [3.63, 3.8) is 0 Å². The van der Waals surface area contributed by atoms with Gasteiger partial charge in [0, 0.05) is 5.56 Å². The summed E-state index contributed by atoms with van der Waals surface area (Å²) in [6, 6.07) is 3.29. The zero-order chi connectivity index (χ0) is 11.0. The molecular formula is C11H12O4. The van der Waals surface area contributed by atoms with Crippen molar-refractivity contribution in [3.8, 4) is 11.5 Å². The third kappa shape index (κ3) is 1.63. The van der Waals surface area contributed by atoms with Gasteiger partial charge < -0.3 is 14.9 Å². The van der Waals surface area contributed by atoms with Crippen molar-refractivity contribution in [2.75, 3.05) is 6.61 Å². The minimum Gasteiger partial charge on any atom is -0.508 e. The van der Waals surface area contributed by atoms with E-state index in [2.05, 4.69) is 0 Å². The number of phenolic OH excluding ortho intramolecular Hbond substituents is 1. The first-order valence-corrected chi connectivity index (χ1v) is 4.76. The van der Waals surface area contributed by atoms with E-state index >= 15 is 0 Å². The second-order valence-corrected chi connectivity index (χ2v) is 3.75. The standard InChI is InChI=1S/C11H12O4/c1-6-9(12)3-2-7-4-8(11(13)14)5-15-10(6)7/h2-3,8,12H,4-5H2,1H3,(H,13,14). The molecule has 1 heterocycles. The molecule has 1 aromatic rings. The first kappa shape index (κ1) is 9.83. The fraction of sp³-hybridized carbons (Fsp3) is 0.364. The van der Waals surface area contributed by atoms with E-state index in [1.165, 1.54) is 0 Å². The Morgan fingerprint density at radius 2 is 2.27 bits per heavy atom. The first-order chi connectivity index (χ1) is 7.09. The summed E-state index contributed by atoms with van der Waals surface area (Å²) in [5, 5.41) is 18.3. The van der Waals surface area contributed by atoms with Gasteiger partial charge in [0.2, 0.25) is 0 Å². The molecule has 0 saturated heterocycles. The lowest BCUT2D eigenvalue weighted by atomic mass is 9.95. The highest BCUT2D eigenvalue weighted by Gasteiger charge is 2.27. The molecule has 1 aliphatic rings. The molecule has 2 N–H and O–H groups in total. The molecule has 1 atom stereocenters. The summed E-state index contributed by atoms with van der Waals surface area (Å²) in [4.78, 5) is 10.8. The predicted molar refractivity (Wildman–Crippen MR) is 53.2 cm³/mol. The summed E-state index contributed by atoms with van der Waals surface area (Å²) in [6.45, 7) is 1.93. The minimum absolute atomic E-state index is 0.173. The molecular weight excluding hydrogens is 196 g/mol. The number of hydrogen-bond acceptors (Lipinski definition) is 3. The Morgan fingerprint density at radius 1 is 1.53 bits per heavy atom. The van der Waals surface area contributed by atoms with Gasteiger partial charge in [0.1, 0.15) is 18.1 Å². The molecule has 1 aliphatic heterocycles. The molecule has 4 nitrogen and oxygen atoms in total. The average molecular weight is 208 g/mol. The van der Waals surface area contributed by atoms with E-state index in [1.807, 2.05) is 0 Å². The predicted octanol–water partition coefficient (Wildman–Crippen LogP) is 1.34. The van der Waals surface area contributed by atoms with Crippen molar-refractivity contribution in [1.29, 1.82) is 0 Å². The van der Waals surface area contributed by atoms with E-state index in [1.54, 1.807) is 19.1 Å². The van der Waals surface area contributed by atoms with Crippen LogP contribution in [0.25, 0.3) is 0 Å². The maximum absolute atomic E-state index is 10.8. The molecule has 0 aliphatic carbocycles. The van der Waals surface area contributed by atoms with Crippen molar-refractivity contribution < 1.29 is 19.7 Å². The van der Waals surface area contributed by atoms with Gasteiger partial charge in [-0.3, -0.25) is 4.79 Å². The lowest BCUT2D eigenvalue weighted by Gasteiger charge is -2.24. The minimum atomic E-state index is -0.841. The fourth-order valence-electron chi connectivity index (χ4n) is 1.77. The van der Waals surface area contributed by atoms with Crippen LogP contribution in [-0.4, -0.2) is 22.8 Å². The number of carboxylic acids is 1. The molecule has 0 aromatic heterocycles. The van der Waals surface area contributed by atoms with Gasteiger partial charge in [-0.2, -0.15) is 0 Å². The van der Waals surface area contributed by atoms with Crippen LogP contribution in [0.4, 0.5) is 0 Å². The van der Waals surface area contributed by atoms with Crippen LogP contribution < -0.4 is 4.74 Å². The van der Waals surface area contributed by atoms with Crippen LogP contribution in [0, 0.1) is 12.8 Å². The van der Waals surface area contributed by atoms with Gasteiger partial charge in [-0.05, 0) is 25.0 Å². The summed E-state index contributed by atoms with van der Waals surface area (Å²) in [6.07, 6.45) is 0.464. The van der Waals surface area contributed by atoms with Crippen LogP contribution in [0.2, 0.25) is 0 Å². The lowest BCUT2D eigenvalue weighted by molar-refractivity contribution is -0.143. The van der Waals surface area contributed by atoms with Gasteiger partial charge >= 0.3 is 5.97 Å².